The van der Waals surface area contributed by atoms with Crippen molar-refractivity contribution in [1.29, 1.82) is 0 Å². The molecule has 6 fully saturated rings. The Morgan fingerprint density at radius 1 is 0.415 bits per heavy atom. The molecule has 18 heterocycles. The molecule has 5 saturated heterocycles. The van der Waals surface area contributed by atoms with Crippen molar-refractivity contribution in [1.82, 2.24) is 89.7 Å². The lowest BCUT2D eigenvalue weighted by atomic mass is 10.1. The van der Waals surface area contributed by atoms with Crippen molar-refractivity contribution in [3.63, 3.8) is 0 Å². The van der Waals surface area contributed by atoms with E-state index in [0.717, 1.165) is 134 Å². The second-order valence-corrected chi connectivity index (χ2v) is 49.5. The third-order valence-corrected chi connectivity index (χ3v) is 26.8. The number of aromatic nitrogens is 18. The SMILES string of the molecule is CS(C)(=O)=Nc1cc(N2CCOC[C@H]2C(F)F)nc(-c2ccnc3c2C=CC3)n1.CS(C)(=O)=Nc1cc(N2CCOC[C@H]2CF)nc(-c2ccnc3c2C=CC3)n1.C[C@@H]1COCCN1c1cc(N=S(C)(C)=O)nc(-c2ccnc3[nH]c(C4CC4)cc23)n1.C[C@@H]1COCCN1c1cc(N=S(C)(C)=O)nc(-c2ccnc3c2N=CC3)n1.Cc1nc2nccc(-c3nc(N=S(C)(C)=O)cc(N4CCOC[C@H]4C)n3)c2[nH]1. The lowest BCUT2D eigenvalue weighted by Crippen LogP contribution is -2.50. The zero-order chi connectivity index (χ0) is 100. The molecule has 12 aromatic rings. The van der Waals surface area contributed by atoms with Gasteiger partial charge in [-0.2, -0.15) is 21.8 Å². The van der Waals surface area contributed by atoms with Crippen LogP contribution in [0.3, 0.4) is 0 Å². The van der Waals surface area contributed by atoms with Gasteiger partial charge in [0.15, 0.2) is 63.9 Å². The number of alkyl halides is 3. The van der Waals surface area contributed by atoms with Gasteiger partial charge in [-0.15, -0.1) is 0 Å². The molecule has 142 heavy (non-hydrogen) atoms. The maximum Gasteiger partial charge on any atom is 0.260 e. The number of imidazole rings is 1. The summed E-state index contributed by atoms with van der Waals surface area (Å²) >= 11 is 0. The number of hydrogen-bond donors (Lipinski definition) is 2. The highest BCUT2D eigenvalue weighted by atomic mass is 32.2. The standard InChI is InChI=1S/C21H26N6O2S.C19H21F2N5O2S.C19H22FN5O2S.C18H23N7O2S.C18H22N6O2S/c1-13-12-29-9-8-27(13)19-11-18(26-30(2,3)28)24-21(25-19)15-6-7-22-20-16(15)10-17(23-20)14-4-5-14;1-29(2,27)25-16-10-17(26-8-9-28-11-15(26)18(20)21)24-19(23-16)13-6-7-22-14-5-3-4-12(13)14;1-28(2,26)24-17-10-18(25-8-9-27-12-13(25)11-20)23-19(22-17)15-6-7-21-16-5-3-4-14(15)16;1-11-10-27-8-7-25(11)15-9-14(24-28(3,4)26)22-17(23-15)13-5-6-19-18-16(13)20-12(2)21-18;1-12-11-26-9-8-24(12)16-10-15(23-27(2,3)25)21-18(22-16)13-4-6-19-14-5-7-20-17(13)14/h6-7,10-11,13-14H,4-5,8-9,12H2,1-3H3,(H,22,23);3-4,6-7,10,15,18H,5,8-9,11H2,1-2H3;3-4,6-7,10,13H,5,8-9,11-12H2,1-2H3;5-6,9,11H,7-8,10H2,1-4H3,(H,19,20,21);4,6-7,10,12H,5,8-9,11H2,1-3H3/t13-;15-;13-;11-;12-/m10111/s1. The van der Waals surface area contributed by atoms with Crippen molar-refractivity contribution in [2.75, 3.05) is 193 Å². The molecule has 750 valence electrons. The van der Waals surface area contributed by atoms with Crippen molar-refractivity contribution >= 4 is 153 Å². The predicted octanol–water partition coefficient (Wildman–Crippen LogP) is 13.7. The number of ether oxygens (including phenoxy) is 5. The zero-order valence-electron chi connectivity index (χ0n) is 81.3. The van der Waals surface area contributed by atoms with Gasteiger partial charge in [-0.05, 0) is 82.9 Å². The molecule has 5 atom stereocenters. The van der Waals surface area contributed by atoms with Crippen LogP contribution in [0.15, 0.2) is 137 Å². The number of rotatable bonds is 18. The van der Waals surface area contributed by atoms with Gasteiger partial charge in [0.1, 0.15) is 53.3 Å². The molecule has 1 saturated carbocycles. The lowest BCUT2D eigenvalue weighted by Gasteiger charge is -2.36. The molecule has 12 aromatic heterocycles. The number of H-pyrrole nitrogens is 2. The molecule has 9 aliphatic rings. The van der Waals surface area contributed by atoms with Gasteiger partial charge in [0.25, 0.3) is 6.43 Å². The first-order valence-corrected chi connectivity index (χ1v) is 58.0. The molecule has 6 aliphatic heterocycles. The Labute approximate surface area is 823 Å². The molecule has 0 radical (unpaired) electrons. The second-order valence-electron chi connectivity index (χ2n) is 36.8. The number of halogens is 3. The van der Waals surface area contributed by atoms with Crippen molar-refractivity contribution in [2.24, 2.45) is 26.8 Å². The molecule has 0 spiro atoms. The van der Waals surface area contributed by atoms with Gasteiger partial charge in [0, 0.05) is 281 Å². The van der Waals surface area contributed by atoms with E-state index in [9.17, 15) is 34.2 Å². The molecule has 0 unspecified atom stereocenters. The van der Waals surface area contributed by atoms with E-state index < -0.39 is 73.8 Å². The van der Waals surface area contributed by atoms with Crippen LogP contribution < -0.4 is 24.5 Å². The predicted molar refractivity (Wildman–Crippen MR) is 551 cm³/mol. The quantitative estimate of drug-likeness (QED) is 0.0805. The number of hydrogen-bond acceptors (Lipinski definition) is 37. The van der Waals surface area contributed by atoms with Crippen LogP contribution in [0.2, 0.25) is 0 Å². The van der Waals surface area contributed by atoms with Crippen LogP contribution >= 0.6 is 0 Å². The van der Waals surface area contributed by atoms with Gasteiger partial charge < -0.3 is 58.2 Å². The minimum atomic E-state index is -2.59. The van der Waals surface area contributed by atoms with Gasteiger partial charge in [0.2, 0.25) is 0 Å². The fourth-order valence-electron chi connectivity index (χ4n) is 17.2. The summed E-state index contributed by atoms with van der Waals surface area (Å²) in [4.78, 5) is 94.0. The normalized spacial score (nSPS) is 19.0. The summed E-state index contributed by atoms with van der Waals surface area (Å²) in [6.45, 7) is 15.5. The summed E-state index contributed by atoms with van der Waals surface area (Å²) in [5.41, 5.74) is 13.0. The fourth-order valence-corrected chi connectivity index (χ4v) is 19.9. The van der Waals surface area contributed by atoms with E-state index in [1.807, 2.05) is 72.7 Å². The molecule has 2 N–H and O–H groups in total. The summed E-state index contributed by atoms with van der Waals surface area (Å²) in [6.07, 6.45) is 36.2. The number of nitrogens with one attached hydrogen (secondary N) is 2. The minimum Gasteiger partial charge on any atom is -0.377 e. The van der Waals surface area contributed by atoms with Gasteiger partial charge >= 0.3 is 0 Å². The highest BCUT2D eigenvalue weighted by Gasteiger charge is 2.36. The molecule has 21 rings (SSSR count). The van der Waals surface area contributed by atoms with Crippen LogP contribution in [0.5, 0.6) is 0 Å². The minimum absolute atomic E-state index is 0.0881. The summed E-state index contributed by atoms with van der Waals surface area (Å²) in [5.74, 6) is 8.69. The topological polar surface area (TPSA) is 460 Å². The van der Waals surface area contributed by atoms with E-state index in [1.165, 1.54) is 42.0 Å². The lowest BCUT2D eigenvalue weighted by molar-refractivity contribution is 0.0203. The first-order chi connectivity index (χ1) is 67.8. The Morgan fingerprint density at radius 2 is 0.789 bits per heavy atom. The van der Waals surface area contributed by atoms with Crippen LogP contribution in [0, 0.1) is 6.92 Å². The van der Waals surface area contributed by atoms with E-state index in [2.05, 4.69) is 138 Å². The summed E-state index contributed by atoms with van der Waals surface area (Å²) < 4.78 is 151. The molecule has 3 aliphatic carbocycles. The second kappa shape index (κ2) is 43.1. The Hall–Kier alpha value is -12.4. The first kappa shape index (κ1) is 101. The number of allylic oxidation sites excluding steroid dienone is 2. The number of pyridine rings is 5. The van der Waals surface area contributed by atoms with Crippen LogP contribution in [-0.2, 0) is 91.6 Å². The highest BCUT2D eigenvalue weighted by molar-refractivity contribution is 7.93. The van der Waals surface area contributed by atoms with E-state index in [-0.39, 0.29) is 37.1 Å². The van der Waals surface area contributed by atoms with Crippen molar-refractivity contribution < 1.29 is 57.9 Å². The third-order valence-electron chi connectivity index (χ3n) is 23.6. The zero-order valence-corrected chi connectivity index (χ0v) is 85.4. The first-order valence-electron chi connectivity index (χ1n) is 46.3. The number of aliphatic imine (C=N–C) groups is 1. The Bertz CT molecular complexity index is 7530. The molecule has 39 nitrogen and oxygen atoms in total. The average molecular weight is 2040 g/mol. The maximum absolute atomic E-state index is 13.6. The van der Waals surface area contributed by atoms with Crippen LogP contribution in [0.25, 0.3) is 91.3 Å². The van der Waals surface area contributed by atoms with Crippen LogP contribution in [-0.4, -0.2) is 322 Å². The van der Waals surface area contributed by atoms with Gasteiger partial charge in [-0.3, -0.25) is 19.9 Å². The molecular formula is C95H114F3N29O10S5. The van der Waals surface area contributed by atoms with E-state index >= 15 is 0 Å². The van der Waals surface area contributed by atoms with Crippen LogP contribution in [0.1, 0.15) is 79.3 Å². The average Bonchev–Trinajstić information content (AvgIpc) is 1.61. The van der Waals surface area contributed by atoms with Gasteiger partial charge in [0.05, 0.1) is 119 Å². The Morgan fingerprint density at radius 3 is 1.23 bits per heavy atom. The molecular weight excluding hydrogens is 1920 g/mol. The fraction of sp³-hybridized carbons (Fsp3) is 0.442. The summed E-state index contributed by atoms with van der Waals surface area (Å²) in [5, 5.41) is 1.01. The van der Waals surface area contributed by atoms with E-state index in [1.54, 1.807) is 105 Å². The Balaban J connectivity index is 0.000000122. The number of nitrogens with zero attached hydrogens (tertiary/aromatic N) is 27. The molecule has 47 heteroatoms. The molecule has 0 bridgehead atoms. The molecule has 0 amide bonds. The van der Waals surface area contributed by atoms with E-state index in [0.29, 0.717) is 148 Å². The smallest absolute Gasteiger partial charge is 0.260 e. The van der Waals surface area contributed by atoms with Crippen molar-refractivity contribution in [3.8, 4) is 56.9 Å². The third kappa shape index (κ3) is 25.3. The largest absolute Gasteiger partial charge is 0.377 e. The van der Waals surface area contributed by atoms with Gasteiger partial charge in [-0.1, -0.05) is 24.3 Å². The monoisotopic (exact) mass is 2040 g/mol. The number of morpholine rings is 5. The highest BCUT2D eigenvalue weighted by Crippen LogP contribution is 2.44. The molecule has 0 aromatic carbocycles. The number of anilines is 5. The number of aromatic amines is 2. The van der Waals surface area contributed by atoms with Crippen molar-refractivity contribution in [2.45, 2.75) is 102 Å². The maximum atomic E-state index is 13.6. The number of aryl methyl sites for hydroxylation is 1. The van der Waals surface area contributed by atoms with Gasteiger partial charge in [-0.25, -0.2) is 99.0 Å². The van der Waals surface area contributed by atoms with E-state index in [4.69, 9.17) is 43.6 Å². The Kier molecular flexibility index (Phi) is 30.7. The number of fused-ring (bicyclic) bond motifs is 5. The van der Waals surface area contributed by atoms with Crippen LogP contribution in [0.4, 0.5) is 77.0 Å². The summed E-state index contributed by atoms with van der Waals surface area (Å²) in [6, 6.07) is 19.1. The van der Waals surface area contributed by atoms with Crippen molar-refractivity contribution in [3.05, 3.63) is 150 Å². The summed E-state index contributed by atoms with van der Waals surface area (Å²) in [7, 11) is -12.0.